The van der Waals surface area contributed by atoms with Crippen molar-refractivity contribution in [3.8, 4) is 6.07 Å². The maximum atomic E-state index is 9.84. The van der Waals surface area contributed by atoms with E-state index >= 15 is 0 Å². The van der Waals surface area contributed by atoms with Crippen LogP contribution in [0.3, 0.4) is 0 Å². The maximum Gasteiger partial charge on any atom is 0.133 e. The van der Waals surface area contributed by atoms with Crippen LogP contribution in [-0.4, -0.2) is 30.6 Å². The first-order valence-corrected chi connectivity index (χ1v) is 7.68. The zero-order valence-electron chi connectivity index (χ0n) is 12.2. The molecule has 2 aliphatic carbocycles. The number of benzene rings is 1. The Kier molecular flexibility index (Phi) is 3.78. The molecule has 0 saturated heterocycles. The second-order valence-corrected chi connectivity index (χ2v) is 6.26. The lowest BCUT2D eigenvalue weighted by Gasteiger charge is -2.31. The molecule has 1 atom stereocenters. The van der Waals surface area contributed by atoms with Crippen molar-refractivity contribution in [2.24, 2.45) is 0 Å². The topological polar surface area (TPSA) is 39.1 Å². The van der Waals surface area contributed by atoms with Gasteiger partial charge in [0, 0.05) is 18.6 Å². The van der Waals surface area contributed by atoms with Gasteiger partial charge >= 0.3 is 0 Å². The van der Waals surface area contributed by atoms with Crippen LogP contribution in [-0.2, 0) is 5.54 Å². The van der Waals surface area contributed by atoms with Crippen molar-refractivity contribution in [3.05, 3.63) is 35.9 Å². The first kappa shape index (κ1) is 13.6. The van der Waals surface area contributed by atoms with Crippen molar-refractivity contribution >= 4 is 0 Å². The van der Waals surface area contributed by atoms with E-state index < -0.39 is 5.54 Å². The summed E-state index contributed by atoms with van der Waals surface area (Å²) in [6.45, 7) is 0.979. The molecule has 0 spiro atoms. The first-order valence-electron chi connectivity index (χ1n) is 7.68. The molecule has 1 aromatic rings. The third-order valence-electron chi connectivity index (χ3n) is 4.50. The van der Waals surface area contributed by atoms with Crippen LogP contribution in [0.2, 0.25) is 0 Å². The van der Waals surface area contributed by atoms with Gasteiger partial charge in [0.15, 0.2) is 0 Å². The summed E-state index contributed by atoms with van der Waals surface area (Å²) in [7, 11) is 2.18. The minimum absolute atomic E-state index is 0.522. The molecule has 3 rings (SSSR count). The molecule has 0 amide bonds. The molecular formula is C17H23N3. The van der Waals surface area contributed by atoms with Gasteiger partial charge in [-0.25, -0.2) is 0 Å². The van der Waals surface area contributed by atoms with Crippen LogP contribution in [0.15, 0.2) is 30.3 Å². The van der Waals surface area contributed by atoms with Crippen LogP contribution < -0.4 is 5.32 Å². The van der Waals surface area contributed by atoms with E-state index in [4.69, 9.17) is 0 Å². The quantitative estimate of drug-likeness (QED) is 0.827. The predicted molar refractivity (Wildman–Crippen MR) is 80.2 cm³/mol. The Balaban J connectivity index is 1.76. The fourth-order valence-corrected chi connectivity index (χ4v) is 2.79. The van der Waals surface area contributed by atoms with Gasteiger partial charge in [-0.3, -0.25) is 5.32 Å². The number of nitrogens with one attached hydrogen (secondary N) is 1. The van der Waals surface area contributed by atoms with Crippen molar-refractivity contribution in [2.75, 3.05) is 13.6 Å². The third-order valence-corrected chi connectivity index (χ3v) is 4.50. The second kappa shape index (κ2) is 5.55. The van der Waals surface area contributed by atoms with Gasteiger partial charge in [0.05, 0.1) is 6.07 Å². The largest absolute Gasteiger partial charge is 0.303 e. The van der Waals surface area contributed by atoms with Crippen LogP contribution in [0.25, 0.3) is 0 Å². The van der Waals surface area contributed by atoms with Gasteiger partial charge in [-0.1, -0.05) is 30.3 Å². The summed E-state index contributed by atoms with van der Waals surface area (Å²) in [5, 5.41) is 13.4. The average Bonchev–Trinajstić information content (AvgIpc) is 3.38. The second-order valence-electron chi connectivity index (χ2n) is 6.26. The summed E-state index contributed by atoms with van der Waals surface area (Å²) < 4.78 is 0. The van der Waals surface area contributed by atoms with E-state index in [1.807, 2.05) is 18.2 Å². The third kappa shape index (κ3) is 3.03. The Bertz CT molecular complexity index is 485. The Morgan fingerprint density at radius 1 is 1.25 bits per heavy atom. The number of hydrogen-bond donors (Lipinski definition) is 1. The molecular weight excluding hydrogens is 246 g/mol. The van der Waals surface area contributed by atoms with E-state index in [1.165, 1.54) is 25.7 Å². The standard InChI is InChI=1S/C17H23N3/c1-20(16-9-10-16)12-11-17(13-18,19-15-7-8-15)14-5-3-2-4-6-14/h2-6,15-16,19H,7-12H2,1H3. The van der Waals surface area contributed by atoms with Crippen molar-refractivity contribution in [1.29, 1.82) is 5.26 Å². The summed E-state index contributed by atoms with van der Waals surface area (Å²) in [5.41, 5.74) is 0.588. The number of rotatable bonds is 7. The van der Waals surface area contributed by atoms with E-state index in [0.29, 0.717) is 6.04 Å². The fourth-order valence-electron chi connectivity index (χ4n) is 2.79. The molecule has 1 unspecified atom stereocenters. The Labute approximate surface area is 121 Å². The number of nitrogens with zero attached hydrogens (tertiary/aromatic N) is 2. The first-order chi connectivity index (χ1) is 9.73. The molecule has 20 heavy (non-hydrogen) atoms. The van der Waals surface area contributed by atoms with E-state index in [9.17, 15) is 5.26 Å². The van der Waals surface area contributed by atoms with Gasteiger partial charge < -0.3 is 4.90 Å². The molecule has 0 aromatic heterocycles. The van der Waals surface area contributed by atoms with Crippen LogP contribution >= 0.6 is 0 Å². The monoisotopic (exact) mass is 269 g/mol. The summed E-state index contributed by atoms with van der Waals surface area (Å²) in [4.78, 5) is 2.41. The van der Waals surface area contributed by atoms with Gasteiger partial charge in [-0.15, -0.1) is 0 Å². The number of hydrogen-bond acceptors (Lipinski definition) is 3. The highest BCUT2D eigenvalue weighted by atomic mass is 15.2. The Hall–Kier alpha value is -1.37. The molecule has 0 aliphatic heterocycles. The van der Waals surface area contributed by atoms with Crippen molar-refractivity contribution in [1.82, 2.24) is 10.2 Å². The van der Waals surface area contributed by atoms with Crippen LogP contribution in [0.4, 0.5) is 0 Å². The van der Waals surface area contributed by atoms with Crippen LogP contribution in [0.5, 0.6) is 0 Å². The number of nitriles is 1. The SMILES string of the molecule is CN(CCC(C#N)(NC1CC1)c1ccccc1)C1CC1. The molecule has 1 N–H and O–H groups in total. The Morgan fingerprint density at radius 3 is 2.50 bits per heavy atom. The van der Waals surface area contributed by atoms with Gasteiger partial charge in [0.1, 0.15) is 5.54 Å². The van der Waals surface area contributed by atoms with E-state index in [1.54, 1.807) is 0 Å². The zero-order valence-corrected chi connectivity index (χ0v) is 12.2. The summed E-state index contributed by atoms with van der Waals surface area (Å²) in [5.74, 6) is 0. The van der Waals surface area contributed by atoms with E-state index in [0.717, 1.165) is 24.6 Å². The molecule has 2 saturated carbocycles. The van der Waals surface area contributed by atoms with Crippen molar-refractivity contribution in [2.45, 2.75) is 49.7 Å². The van der Waals surface area contributed by atoms with E-state index in [-0.39, 0.29) is 0 Å². The average molecular weight is 269 g/mol. The molecule has 0 heterocycles. The van der Waals surface area contributed by atoms with Gasteiger partial charge in [0.25, 0.3) is 0 Å². The summed E-state index contributed by atoms with van der Waals surface area (Å²) >= 11 is 0. The van der Waals surface area contributed by atoms with Crippen LogP contribution in [0.1, 0.15) is 37.7 Å². The normalized spacial score (nSPS) is 21.4. The fraction of sp³-hybridized carbons (Fsp3) is 0.588. The predicted octanol–water partition coefficient (Wildman–Crippen LogP) is 2.64. The van der Waals surface area contributed by atoms with E-state index in [2.05, 4.69) is 35.5 Å². The minimum atomic E-state index is -0.522. The zero-order chi connectivity index (χ0) is 14.0. The molecule has 1 aromatic carbocycles. The van der Waals surface area contributed by atoms with Gasteiger partial charge in [0.2, 0.25) is 0 Å². The molecule has 2 fully saturated rings. The Morgan fingerprint density at radius 2 is 1.95 bits per heavy atom. The lowest BCUT2D eigenvalue weighted by Crippen LogP contribution is -2.45. The summed E-state index contributed by atoms with van der Waals surface area (Å²) in [6.07, 6.45) is 5.90. The summed E-state index contributed by atoms with van der Waals surface area (Å²) in [6, 6.07) is 14.1. The van der Waals surface area contributed by atoms with Gasteiger partial charge in [-0.05, 0) is 44.7 Å². The highest BCUT2D eigenvalue weighted by molar-refractivity contribution is 5.32. The minimum Gasteiger partial charge on any atom is -0.303 e. The highest BCUT2D eigenvalue weighted by Crippen LogP contribution is 2.32. The molecule has 3 nitrogen and oxygen atoms in total. The maximum absolute atomic E-state index is 9.84. The van der Waals surface area contributed by atoms with Crippen molar-refractivity contribution in [3.63, 3.8) is 0 Å². The molecule has 0 bridgehead atoms. The smallest absolute Gasteiger partial charge is 0.133 e. The highest BCUT2D eigenvalue weighted by Gasteiger charge is 2.38. The van der Waals surface area contributed by atoms with Gasteiger partial charge in [-0.2, -0.15) is 5.26 Å². The molecule has 106 valence electrons. The lowest BCUT2D eigenvalue weighted by atomic mass is 9.87. The lowest BCUT2D eigenvalue weighted by molar-refractivity contribution is 0.271. The van der Waals surface area contributed by atoms with Crippen molar-refractivity contribution < 1.29 is 0 Å². The molecule has 3 heteroatoms. The molecule has 0 radical (unpaired) electrons. The molecule has 2 aliphatic rings. The van der Waals surface area contributed by atoms with Crippen LogP contribution in [0, 0.1) is 11.3 Å².